The zero-order valence-corrected chi connectivity index (χ0v) is 19.9. The van der Waals surface area contributed by atoms with E-state index in [4.69, 9.17) is 11.6 Å². The van der Waals surface area contributed by atoms with Crippen LogP contribution in [0.3, 0.4) is 0 Å². The summed E-state index contributed by atoms with van der Waals surface area (Å²) in [6.45, 7) is 2.58. The van der Waals surface area contributed by atoms with Gasteiger partial charge in [0.1, 0.15) is 5.82 Å². The molecule has 0 radical (unpaired) electrons. The highest BCUT2D eigenvalue weighted by atomic mass is 35.5. The average Bonchev–Trinajstić information content (AvgIpc) is 3.39. The minimum atomic E-state index is 0.0243. The molecule has 2 aliphatic rings. The molecule has 8 heteroatoms. The lowest BCUT2D eigenvalue weighted by atomic mass is 9.80. The zero-order valence-electron chi connectivity index (χ0n) is 18.4. The van der Waals surface area contributed by atoms with Gasteiger partial charge in [-0.25, -0.2) is 0 Å². The molecule has 4 aromatic rings. The van der Waals surface area contributed by atoms with Crippen LogP contribution in [-0.4, -0.2) is 29.9 Å². The number of fused-ring (bicyclic) bond motifs is 4. The van der Waals surface area contributed by atoms with Crippen LogP contribution >= 0.6 is 23.1 Å². The highest BCUT2D eigenvalue weighted by Gasteiger charge is 2.32. The third kappa shape index (κ3) is 3.63. The van der Waals surface area contributed by atoms with Crippen molar-refractivity contribution in [3.05, 3.63) is 69.6 Å². The Kier molecular flexibility index (Phi) is 5.18. The molecule has 33 heavy (non-hydrogen) atoms. The van der Waals surface area contributed by atoms with Gasteiger partial charge in [-0.1, -0.05) is 29.8 Å². The number of carbonyl (C=O) groups excluding carboxylic acids is 1. The number of rotatable bonds is 2. The Labute approximate surface area is 201 Å². The molecule has 0 spiro atoms. The number of nitrogens with zero attached hydrogens (tertiary/aromatic N) is 5. The summed E-state index contributed by atoms with van der Waals surface area (Å²) >= 11 is 7.96. The molecule has 6 nitrogen and oxygen atoms in total. The van der Waals surface area contributed by atoms with E-state index in [-0.39, 0.29) is 5.91 Å². The Balaban J connectivity index is 1.31. The third-order valence-corrected chi connectivity index (χ3v) is 8.32. The van der Waals surface area contributed by atoms with Gasteiger partial charge in [-0.3, -0.25) is 9.36 Å². The quantitative estimate of drug-likeness (QED) is 0.364. The van der Waals surface area contributed by atoms with E-state index in [9.17, 15) is 4.79 Å². The zero-order chi connectivity index (χ0) is 22.5. The highest BCUT2D eigenvalue weighted by molar-refractivity contribution is 7.07. The van der Waals surface area contributed by atoms with E-state index in [0.29, 0.717) is 29.9 Å². The van der Waals surface area contributed by atoms with Crippen LogP contribution in [0.5, 0.6) is 0 Å². The predicted molar refractivity (Wildman–Crippen MR) is 130 cm³/mol. The lowest BCUT2D eigenvalue weighted by Crippen LogP contribution is -2.27. The number of hydrogen-bond acceptors (Lipinski definition) is 5. The van der Waals surface area contributed by atoms with Crippen LogP contribution in [0.1, 0.15) is 66.5 Å². The van der Waals surface area contributed by atoms with Crippen molar-refractivity contribution < 1.29 is 4.79 Å². The summed E-state index contributed by atoms with van der Waals surface area (Å²) in [6.07, 6.45) is 4.36. The van der Waals surface area contributed by atoms with E-state index in [2.05, 4.69) is 43.4 Å². The topological polar surface area (TPSA) is 63.9 Å². The molecule has 0 saturated heterocycles. The summed E-state index contributed by atoms with van der Waals surface area (Å²) in [5.41, 5.74) is 3.17. The van der Waals surface area contributed by atoms with Crippen LogP contribution in [0.2, 0.25) is 5.02 Å². The van der Waals surface area contributed by atoms with Gasteiger partial charge in [-0.05, 0) is 73.0 Å². The summed E-state index contributed by atoms with van der Waals surface area (Å²) in [7, 11) is 0. The lowest BCUT2D eigenvalue weighted by molar-refractivity contribution is -0.130. The van der Waals surface area contributed by atoms with Crippen molar-refractivity contribution in [1.29, 1.82) is 0 Å². The maximum atomic E-state index is 12.2. The summed E-state index contributed by atoms with van der Waals surface area (Å²) < 4.78 is 6.84. The van der Waals surface area contributed by atoms with Gasteiger partial charge in [0.15, 0.2) is 5.82 Å². The number of amides is 1. The van der Waals surface area contributed by atoms with Gasteiger partial charge in [0.2, 0.25) is 5.91 Å². The molecular formula is C25H24ClN5OS. The molecule has 0 atom stereocenters. The van der Waals surface area contributed by atoms with Gasteiger partial charge in [-0.15, -0.1) is 10.2 Å². The molecule has 168 valence electrons. The fraction of sp³-hybridized carbons (Fsp3) is 0.360. The van der Waals surface area contributed by atoms with Crippen molar-refractivity contribution in [3.63, 3.8) is 0 Å². The molecule has 1 aliphatic heterocycles. The van der Waals surface area contributed by atoms with Crippen LogP contribution in [0.4, 0.5) is 0 Å². The smallest absolute Gasteiger partial charge is 0.220 e. The molecule has 2 aromatic heterocycles. The molecule has 1 aliphatic carbocycles. The minimum Gasteiger partial charge on any atom is -0.331 e. The van der Waals surface area contributed by atoms with Crippen molar-refractivity contribution in [2.75, 3.05) is 0 Å². The third-order valence-electron chi connectivity index (χ3n) is 7.05. The number of carbonyl (C=O) groups is 1. The van der Waals surface area contributed by atoms with Gasteiger partial charge in [-0.2, -0.15) is 4.37 Å². The summed E-state index contributed by atoms with van der Waals surface area (Å²) in [5.74, 6) is 2.73. The summed E-state index contributed by atoms with van der Waals surface area (Å²) in [4.78, 5) is 15.5. The molecule has 3 heterocycles. The van der Waals surface area contributed by atoms with Crippen LogP contribution in [0, 0.1) is 0 Å². The monoisotopic (exact) mass is 477 g/mol. The van der Waals surface area contributed by atoms with E-state index < -0.39 is 0 Å². The van der Waals surface area contributed by atoms with E-state index in [1.807, 2.05) is 18.2 Å². The Morgan fingerprint density at radius 2 is 1.82 bits per heavy atom. The first-order valence-electron chi connectivity index (χ1n) is 11.4. The molecule has 0 bridgehead atoms. The van der Waals surface area contributed by atoms with Gasteiger partial charge in [0.25, 0.3) is 0 Å². The molecule has 6 rings (SSSR count). The molecular weight excluding hydrogens is 454 g/mol. The standard InChI is InChI=1S/C25H24ClN5OS/c1-15(32)30-13-18-12-19(26)10-11-22(18)31-23(14-30)27-28-25(31)17-8-6-16(7-9-17)24-20-4-2-3-5-21(20)29-33-24/h2-5,10-12,16-17H,6-9,13-14H2,1H3. The van der Waals surface area contributed by atoms with Crippen LogP contribution in [0.15, 0.2) is 42.5 Å². The molecule has 1 fully saturated rings. The van der Waals surface area contributed by atoms with Crippen molar-refractivity contribution in [3.8, 4) is 5.69 Å². The fourth-order valence-corrected chi connectivity index (χ4v) is 6.54. The van der Waals surface area contributed by atoms with Crippen LogP contribution < -0.4 is 0 Å². The summed E-state index contributed by atoms with van der Waals surface area (Å²) in [6, 6.07) is 14.3. The van der Waals surface area contributed by atoms with Crippen LogP contribution in [0.25, 0.3) is 16.6 Å². The Bertz CT molecular complexity index is 1350. The maximum absolute atomic E-state index is 12.2. The van der Waals surface area contributed by atoms with Crippen molar-refractivity contribution in [2.24, 2.45) is 0 Å². The minimum absolute atomic E-state index is 0.0243. The first-order chi connectivity index (χ1) is 16.1. The Morgan fingerprint density at radius 1 is 1.03 bits per heavy atom. The Hall–Kier alpha value is -2.77. The molecule has 0 N–H and O–H groups in total. The summed E-state index contributed by atoms with van der Waals surface area (Å²) in [5, 5.41) is 11.2. The average molecular weight is 478 g/mol. The van der Waals surface area contributed by atoms with Crippen molar-refractivity contribution in [1.82, 2.24) is 24.0 Å². The van der Waals surface area contributed by atoms with E-state index in [0.717, 1.165) is 54.1 Å². The van der Waals surface area contributed by atoms with Crippen molar-refractivity contribution >= 4 is 39.9 Å². The maximum Gasteiger partial charge on any atom is 0.220 e. The second kappa shape index (κ2) is 8.22. The van der Waals surface area contributed by atoms with Crippen LogP contribution in [-0.2, 0) is 17.9 Å². The molecule has 1 amide bonds. The normalized spacial score (nSPS) is 20.4. The predicted octanol–water partition coefficient (Wildman–Crippen LogP) is 5.83. The number of hydrogen-bond donors (Lipinski definition) is 0. The van der Waals surface area contributed by atoms with E-state index >= 15 is 0 Å². The molecule has 0 unspecified atom stereocenters. The number of halogens is 1. The second-order valence-electron chi connectivity index (χ2n) is 9.07. The number of benzene rings is 2. The van der Waals surface area contributed by atoms with Gasteiger partial charge in [0, 0.05) is 34.7 Å². The number of aromatic nitrogens is 4. The lowest BCUT2D eigenvalue weighted by Gasteiger charge is -2.28. The van der Waals surface area contributed by atoms with Crippen molar-refractivity contribution in [2.45, 2.75) is 57.5 Å². The second-order valence-corrected chi connectivity index (χ2v) is 10.3. The molecule has 2 aromatic carbocycles. The molecule has 1 saturated carbocycles. The SMILES string of the molecule is CC(=O)N1Cc2cc(Cl)ccc2-n2c(nnc2C2CCC(c3snc4ccccc34)CC2)C1. The Morgan fingerprint density at radius 3 is 2.64 bits per heavy atom. The van der Waals surface area contributed by atoms with Gasteiger partial charge >= 0.3 is 0 Å². The highest BCUT2D eigenvalue weighted by Crippen LogP contribution is 2.44. The van der Waals surface area contributed by atoms with Gasteiger partial charge in [0.05, 0.1) is 17.7 Å². The van der Waals surface area contributed by atoms with E-state index in [1.54, 1.807) is 23.4 Å². The fourth-order valence-electron chi connectivity index (χ4n) is 5.33. The first-order valence-corrected chi connectivity index (χ1v) is 12.6. The van der Waals surface area contributed by atoms with E-state index in [1.165, 1.54) is 10.3 Å². The largest absolute Gasteiger partial charge is 0.331 e. The van der Waals surface area contributed by atoms with Gasteiger partial charge < -0.3 is 4.90 Å². The first kappa shape index (κ1) is 20.8.